The van der Waals surface area contributed by atoms with Crippen LogP contribution in [0, 0.1) is 0 Å². The van der Waals surface area contributed by atoms with Crippen LogP contribution >= 0.6 is 34.5 Å². The largest absolute Gasteiger partial charge is 0.269 e. The maximum atomic E-state index is 11.8. The van der Waals surface area contributed by atoms with Gasteiger partial charge in [-0.15, -0.1) is 20.4 Å². The first kappa shape index (κ1) is 18.4. The zero-order valence-electron chi connectivity index (χ0n) is 13.9. The molecule has 2 amide bonds. The second-order valence-corrected chi connectivity index (χ2v) is 7.38. The minimum Gasteiger partial charge on any atom is -0.269 e. The smallest absolute Gasteiger partial charge is 0.258 e. The maximum absolute atomic E-state index is 11.8. The van der Waals surface area contributed by atoms with Crippen molar-refractivity contribution in [2.45, 2.75) is 0 Å². The van der Waals surface area contributed by atoms with E-state index < -0.39 is 11.8 Å². The zero-order chi connectivity index (χ0) is 19.7. The predicted octanol–water partition coefficient (Wildman–Crippen LogP) is 5.36. The fraction of sp³-hybridized carbons (Fsp3) is 0. The van der Waals surface area contributed by atoms with Crippen LogP contribution in [-0.2, 0) is 9.59 Å². The number of amides is 2. The highest BCUT2D eigenvalue weighted by atomic mass is 35.5. The van der Waals surface area contributed by atoms with Gasteiger partial charge in [0.05, 0.1) is 10.7 Å². The number of azo groups is 1. The topological polar surface area (TPSA) is 87.9 Å². The Balaban J connectivity index is 1.58. The number of carbonyl (C=O) groups is 2. The second-order valence-electron chi connectivity index (χ2n) is 5.58. The van der Waals surface area contributed by atoms with E-state index in [4.69, 9.17) is 23.2 Å². The van der Waals surface area contributed by atoms with Crippen LogP contribution in [0.4, 0.5) is 16.5 Å². The summed E-state index contributed by atoms with van der Waals surface area (Å²) in [6.45, 7) is 0. The molecule has 4 rings (SSSR count). The van der Waals surface area contributed by atoms with Gasteiger partial charge in [-0.25, -0.2) is 4.90 Å². The third-order valence-electron chi connectivity index (χ3n) is 3.75. The Labute approximate surface area is 172 Å². The average molecular weight is 430 g/mol. The molecule has 0 saturated carbocycles. The molecule has 0 fully saturated rings. The van der Waals surface area contributed by atoms with Crippen LogP contribution in [0.3, 0.4) is 0 Å². The molecule has 2 aromatic carbocycles. The van der Waals surface area contributed by atoms with E-state index in [1.807, 2.05) is 12.1 Å². The normalized spacial score (nSPS) is 13.9. The van der Waals surface area contributed by atoms with Crippen molar-refractivity contribution in [1.82, 2.24) is 10.2 Å². The molecular weight excluding hydrogens is 421 g/mol. The first-order valence-electron chi connectivity index (χ1n) is 7.88. The van der Waals surface area contributed by atoms with Crippen molar-refractivity contribution in [3.8, 4) is 10.6 Å². The highest BCUT2D eigenvalue weighted by Crippen LogP contribution is 2.34. The number of halogens is 2. The Kier molecular flexibility index (Phi) is 4.99. The fourth-order valence-electron chi connectivity index (χ4n) is 2.43. The zero-order valence-corrected chi connectivity index (χ0v) is 16.2. The number of aromatic nitrogens is 2. The molecule has 1 aliphatic rings. The van der Waals surface area contributed by atoms with Crippen LogP contribution in [0.5, 0.6) is 0 Å². The third-order valence-corrected chi connectivity index (χ3v) is 5.17. The van der Waals surface area contributed by atoms with Gasteiger partial charge in [0.15, 0.2) is 0 Å². The van der Waals surface area contributed by atoms with Gasteiger partial charge in [0.25, 0.3) is 16.9 Å². The van der Waals surface area contributed by atoms with Gasteiger partial charge in [0, 0.05) is 22.7 Å². The van der Waals surface area contributed by atoms with E-state index in [0.29, 0.717) is 31.6 Å². The summed E-state index contributed by atoms with van der Waals surface area (Å²) in [5, 5.41) is 18.2. The van der Waals surface area contributed by atoms with Crippen LogP contribution in [0.25, 0.3) is 10.6 Å². The van der Waals surface area contributed by atoms with Gasteiger partial charge in [0.1, 0.15) is 10.7 Å². The van der Waals surface area contributed by atoms with E-state index in [1.165, 1.54) is 29.6 Å². The Bertz CT molecular complexity index is 1120. The Hall–Kier alpha value is -2.94. The van der Waals surface area contributed by atoms with Gasteiger partial charge in [-0.1, -0.05) is 46.7 Å². The van der Waals surface area contributed by atoms with E-state index >= 15 is 0 Å². The molecule has 0 aliphatic carbocycles. The second kappa shape index (κ2) is 7.59. The molecule has 0 bridgehead atoms. The van der Waals surface area contributed by atoms with Gasteiger partial charge in [-0.2, -0.15) is 0 Å². The van der Waals surface area contributed by atoms with Crippen LogP contribution in [0.1, 0.15) is 0 Å². The van der Waals surface area contributed by atoms with Crippen molar-refractivity contribution in [2.75, 3.05) is 4.90 Å². The molecule has 0 unspecified atom stereocenters. The summed E-state index contributed by atoms with van der Waals surface area (Å²) >= 11 is 13.3. The molecule has 138 valence electrons. The maximum Gasteiger partial charge on any atom is 0.258 e. The lowest BCUT2D eigenvalue weighted by Crippen LogP contribution is -2.29. The molecule has 0 radical (unpaired) electrons. The number of anilines is 1. The molecule has 28 heavy (non-hydrogen) atoms. The number of nitrogens with zero attached hydrogens (tertiary/aromatic N) is 5. The van der Waals surface area contributed by atoms with Crippen molar-refractivity contribution in [2.24, 2.45) is 10.2 Å². The van der Waals surface area contributed by atoms with Gasteiger partial charge < -0.3 is 0 Å². The molecule has 10 heteroatoms. The number of hydrogen-bond acceptors (Lipinski definition) is 7. The van der Waals surface area contributed by atoms with Crippen LogP contribution < -0.4 is 4.90 Å². The first-order chi connectivity index (χ1) is 13.5. The van der Waals surface area contributed by atoms with E-state index in [9.17, 15) is 9.59 Å². The van der Waals surface area contributed by atoms with Gasteiger partial charge >= 0.3 is 0 Å². The van der Waals surface area contributed by atoms with E-state index in [1.54, 1.807) is 24.3 Å². The summed E-state index contributed by atoms with van der Waals surface area (Å²) in [5.74, 6) is -0.848. The minimum atomic E-state index is -0.424. The fourth-order valence-corrected chi connectivity index (χ4v) is 3.39. The average Bonchev–Trinajstić information content (AvgIpc) is 3.29. The van der Waals surface area contributed by atoms with Crippen molar-refractivity contribution < 1.29 is 9.59 Å². The summed E-state index contributed by atoms with van der Waals surface area (Å²) in [7, 11) is 0. The lowest BCUT2D eigenvalue weighted by Gasteiger charge is -2.14. The molecule has 2 heterocycles. The summed E-state index contributed by atoms with van der Waals surface area (Å²) < 4.78 is 0. The van der Waals surface area contributed by atoms with E-state index in [2.05, 4.69) is 20.4 Å². The summed E-state index contributed by atoms with van der Waals surface area (Å²) in [4.78, 5) is 24.7. The number of benzene rings is 2. The lowest BCUT2D eigenvalue weighted by molar-refractivity contribution is -0.119. The monoisotopic (exact) mass is 429 g/mol. The van der Waals surface area contributed by atoms with Crippen LogP contribution in [0.15, 0.2) is 64.8 Å². The van der Waals surface area contributed by atoms with Crippen molar-refractivity contribution >= 4 is 62.9 Å². The lowest BCUT2D eigenvalue weighted by atomic mass is 10.2. The van der Waals surface area contributed by atoms with Crippen LogP contribution in [0.2, 0.25) is 10.0 Å². The van der Waals surface area contributed by atoms with Crippen molar-refractivity contribution in [1.29, 1.82) is 0 Å². The third kappa shape index (κ3) is 3.70. The molecule has 1 aliphatic heterocycles. The molecule has 0 saturated heterocycles. The van der Waals surface area contributed by atoms with Gasteiger partial charge in [-0.3, -0.25) is 9.59 Å². The molecule has 7 nitrogen and oxygen atoms in total. The van der Waals surface area contributed by atoms with E-state index in [-0.39, 0.29) is 0 Å². The number of hydrogen-bond donors (Lipinski definition) is 0. The molecule has 3 aromatic rings. The minimum absolute atomic E-state index is 0.301. The van der Waals surface area contributed by atoms with Crippen LogP contribution in [-0.4, -0.2) is 22.0 Å². The summed E-state index contributed by atoms with van der Waals surface area (Å²) in [6.07, 6.45) is 2.41. The van der Waals surface area contributed by atoms with Crippen molar-refractivity contribution in [3.63, 3.8) is 0 Å². The Morgan fingerprint density at radius 2 is 1.61 bits per heavy atom. The quantitative estimate of drug-likeness (QED) is 0.412. The number of imide groups is 1. The standard InChI is InChI=1S/C18H9Cl2N5O2S/c19-11-3-1-10(2-4-11)17-22-24-18(28-17)23-21-14-9-12(5-6-13(14)20)25-15(26)7-8-16(25)27/h1-9H. The Morgan fingerprint density at radius 3 is 2.32 bits per heavy atom. The number of carbonyl (C=O) groups excluding carboxylic acids is 2. The first-order valence-corrected chi connectivity index (χ1v) is 9.45. The molecule has 0 atom stereocenters. The molecule has 0 spiro atoms. The van der Waals surface area contributed by atoms with Gasteiger partial charge in [0.2, 0.25) is 0 Å². The summed E-state index contributed by atoms with van der Waals surface area (Å²) in [6, 6.07) is 11.8. The van der Waals surface area contributed by atoms with Gasteiger partial charge in [-0.05, 0) is 30.3 Å². The molecular formula is C18H9Cl2N5O2S. The SMILES string of the molecule is O=C1C=CC(=O)N1c1ccc(Cl)c(N=Nc2nnc(-c3ccc(Cl)cc3)s2)c1. The summed E-state index contributed by atoms with van der Waals surface area (Å²) in [5.41, 5.74) is 1.52. The number of rotatable bonds is 4. The molecule has 1 aromatic heterocycles. The highest BCUT2D eigenvalue weighted by Gasteiger charge is 2.25. The highest BCUT2D eigenvalue weighted by molar-refractivity contribution is 7.18. The van der Waals surface area contributed by atoms with Crippen molar-refractivity contribution in [3.05, 3.63) is 64.7 Å². The predicted molar refractivity (Wildman–Crippen MR) is 108 cm³/mol. The Morgan fingerprint density at radius 1 is 0.893 bits per heavy atom. The van der Waals surface area contributed by atoms with E-state index in [0.717, 1.165) is 10.5 Å². The molecule has 0 N–H and O–H groups in total.